The Morgan fingerprint density at radius 3 is 2.69 bits per heavy atom. The maximum absolute atomic E-state index is 13.1. The van der Waals surface area contributed by atoms with Gasteiger partial charge in [0.15, 0.2) is 0 Å². The van der Waals surface area contributed by atoms with E-state index < -0.39 is 0 Å². The van der Waals surface area contributed by atoms with Crippen LogP contribution in [0.5, 0.6) is 0 Å². The number of hydrogen-bond donors (Lipinski definition) is 1. The molecule has 1 nitrogen and oxygen atoms in total. The van der Waals surface area contributed by atoms with Crippen molar-refractivity contribution >= 4 is 0 Å². The van der Waals surface area contributed by atoms with E-state index in [1.807, 2.05) is 6.92 Å². The third kappa shape index (κ3) is 4.75. The van der Waals surface area contributed by atoms with E-state index in [9.17, 15) is 4.39 Å². The van der Waals surface area contributed by atoms with Crippen LogP contribution in [0.3, 0.4) is 0 Å². The molecule has 0 fully saturated rings. The molecule has 0 saturated heterocycles. The Labute approximate surface area is 98.1 Å². The lowest BCUT2D eigenvalue weighted by Gasteiger charge is -2.13. The van der Waals surface area contributed by atoms with Gasteiger partial charge in [0.05, 0.1) is 0 Å². The summed E-state index contributed by atoms with van der Waals surface area (Å²) in [4.78, 5) is 0. The summed E-state index contributed by atoms with van der Waals surface area (Å²) in [5.74, 6) is -0.121. The van der Waals surface area contributed by atoms with E-state index in [0.29, 0.717) is 6.04 Å². The van der Waals surface area contributed by atoms with Crippen LogP contribution in [0.2, 0.25) is 0 Å². The standard InChI is InChI=1S/C14H22FN/c1-4-7-16-12(3)5-6-13-8-11(2)9-14(15)10-13/h8-10,12,16H,4-7H2,1-3H3. The van der Waals surface area contributed by atoms with Gasteiger partial charge in [0.2, 0.25) is 0 Å². The number of halogens is 1. The van der Waals surface area contributed by atoms with E-state index in [1.54, 1.807) is 12.1 Å². The third-order valence-electron chi connectivity index (χ3n) is 2.71. The minimum atomic E-state index is -0.121. The van der Waals surface area contributed by atoms with Crippen molar-refractivity contribution in [2.24, 2.45) is 0 Å². The maximum atomic E-state index is 13.1. The molecule has 0 bridgehead atoms. The Bertz CT molecular complexity index is 302. The summed E-state index contributed by atoms with van der Waals surface area (Å²) < 4.78 is 13.1. The normalized spacial score (nSPS) is 12.8. The SMILES string of the molecule is CCCNC(C)CCc1cc(C)cc(F)c1. The molecule has 90 valence electrons. The summed E-state index contributed by atoms with van der Waals surface area (Å²) in [5, 5.41) is 3.44. The first-order valence-electron chi connectivity index (χ1n) is 6.11. The molecule has 1 unspecified atom stereocenters. The van der Waals surface area contributed by atoms with Crippen LogP contribution in [0, 0.1) is 12.7 Å². The second kappa shape index (κ2) is 6.64. The highest BCUT2D eigenvalue weighted by molar-refractivity contribution is 5.23. The number of nitrogens with one attached hydrogen (secondary N) is 1. The Kier molecular flexibility index (Phi) is 5.47. The molecule has 0 aliphatic carbocycles. The molecule has 0 aromatic heterocycles. The quantitative estimate of drug-likeness (QED) is 0.779. The Hall–Kier alpha value is -0.890. The molecular formula is C14H22FN. The number of hydrogen-bond acceptors (Lipinski definition) is 1. The van der Waals surface area contributed by atoms with E-state index in [4.69, 9.17) is 0 Å². The van der Waals surface area contributed by atoms with Crippen molar-refractivity contribution < 1.29 is 4.39 Å². The van der Waals surface area contributed by atoms with E-state index in [0.717, 1.165) is 36.9 Å². The first-order valence-corrected chi connectivity index (χ1v) is 6.11. The lowest BCUT2D eigenvalue weighted by molar-refractivity contribution is 0.513. The fourth-order valence-electron chi connectivity index (χ4n) is 1.83. The summed E-state index contributed by atoms with van der Waals surface area (Å²) in [7, 11) is 0. The Balaban J connectivity index is 2.41. The van der Waals surface area contributed by atoms with Crippen LogP contribution in [0.4, 0.5) is 4.39 Å². The van der Waals surface area contributed by atoms with Gasteiger partial charge in [0.25, 0.3) is 0 Å². The number of aryl methyl sites for hydroxylation is 2. The van der Waals surface area contributed by atoms with Crippen molar-refractivity contribution in [3.05, 3.63) is 35.1 Å². The number of rotatable bonds is 6. The first-order chi connectivity index (χ1) is 7.61. The first kappa shape index (κ1) is 13.2. The van der Waals surface area contributed by atoms with Crippen LogP contribution in [-0.2, 0) is 6.42 Å². The molecule has 0 amide bonds. The van der Waals surface area contributed by atoms with Crippen LogP contribution >= 0.6 is 0 Å². The summed E-state index contributed by atoms with van der Waals surface area (Å²) in [6.45, 7) is 7.34. The Morgan fingerprint density at radius 2 is 2.06 bits per heavy atom. The molecule has 2 heteroatoms. The van der Waals surface area contributed by atoms with E-state index >= 15 is 0 Å². The van der Waals surface area contributed by atoms with Crippen LogP contribution < -0.4 is 5.32 Å². The molecule has 1 aromatic rings. The van der Waals surface area contributed by atoms with Crippen molar-refractivity contribution in [3.63, 3.8) is 0 Å². The molecule has 1 rings (SSSR count). The van der Waals surface area contributed by atoms with Gasteiger partial charge in [-0.15, -0.1) is 0 Å². The van der Waals surface area contributed by atoms with Crippen molar-refractivity contribution in [2.45, 2.75) is 46.1 Å². The van der Waals surface area contributed by atoms with Gasteiger partial charge in [-0.3, -0.25) is 0 Å². The van der Waals surface area contributed by atoms with Gasteiger partial charge in [0, 0.05) is 6.04 Å². The summed E-state index contributed by atoms with van der Waals surface area (Å²) in [6.07, 6.45) is 3.16. The molecule has 0 radical (unpaired) electrons. The summed E-state index contributed by atoms with van der Waals surface area (Å²) >= 11 is 0. The largest absolute Gasteiger partial charge is 0.314 e. The molecule has 1 N–H and O–H groups in total. The molecule has 0 spiro atoms. The van der Waals surface area contributed by atoms with Crippen LogP contribution in [-0.4, -0.2) is 12.6 Å². The highest BCUT2D eigenvalue weighted by Crippen LogP contribution is 2.11. The molecule has 0 saturated carbocycles. The highest BCUT2D eigenvalue weighted by Gasteiger charge is 2.03. The van der Waals surface area contributed by atoms with Crippen molar-refractivity contribution in [2.75, 3.05) is 6.54 Å². The molecule has 0 aliphatic rings. The van der Waals surface area contributed by atoms with Gasteiger partial charge in [-0.25, -0.2) is 4.39 Å². The minimum Gasteiger partial charge on any atom is -0.314 e. The predicted octanol–water partition coefficient (Wildman–Crippen LogP) is 3.45. The van der Waals surface area contributed by atoms with Crippen molar-refractivity contribution in [1.29, 1.82) is 0 Å². The fourth-order valence-corrected chi connectivity index (χ4v) is 1.83. The van der Waals surface area contributed by atoms with Gasteiger partial charge < -0.3 is 5.32 Å². The monoisotopic (exact) mass is 223 g/mol. The smallest absolute Gasteiger partial charge is 0.123 e. The Morgan fingerprint density at radius 1 is 1.31 bits per heavy atom. The maximum Gasteiger partial charge on any atom is 0.123 e. The molecule has 0 aliphatic heterocycles. The minimum absolute atomic E-state index is 0.121. The van der Waals surface area contributed by atoms with Gasteiger partial charge in [-0.05, 0) is 62.9 Å². The molecule has 16 heavy (non-hydrogen) atoms. The second-order valence-electron chi connectivity index (χ2n) is 4.53. The van der Waals surface area contributed by atoms with Crippen molar-refractivity contribution in [3.8, 4) is 0 Å². The average Bonchev–Trinajstić information content (AvgIpc) is 2.22. The lowest BCUT2D eigenvalue weighted by atomic mass is 10.0. The zero-order valence-electron chi connectivity index (χ0n) is 10.5. The van der Waals surface area contributed by atoms with Gasteiger partial charge in [-0.1, -0.05) is 13.0 Å². The van der Waals surface area contributed by atoms with Gasteiger partial charge in [0.1, 0.15) is 5.82 Å². The zero-order valence-corrected chi connectivity index (χ0v) is 10.5. The lowest BCUT2D eigenvalue weighted by Crippen LogP contribution is -2.27. The summed E-state index contributed by atoms with van der Waals surface area (Å²) in [5.41, 5.74) is 2.10. The third-order valence-corrected chi connectivity index (χ3v) is 2.71. The molecular weight excluding hydrogens is 201 g/mol. The van der Waals surface area contributed by atoms with Crippen LogP contribution in [0.1, 0.15) is 37.8 Å². The van der Waals surface area contributed by atoms with E-state index in [1.165, 1.54) is 0 Å². The molecule has 0 heterocycles. The fraction of sp³-hybridized carbons (Fsp3) is 0.571. The van der Waals surface area contributed by atoms with Gasteiger partial charge in [-0.2, -0.15) is 0 Å². The molecule has 1 aromatic carbocycles. The highest BCUT2D eigenvalue weighted by atomic mass is 19.1. The average molecular weight is 223 g/mol. The van der Waals surface area contributed by atoms with E-state index in [2.05, 4.69) is 25.2 Å². The number of benzene rings is 1. The predicted molar refractivity (Wildman–Crippen MR) is 67.2 cm³/mol. The van der Waals surface area contributed by atoms with Gasteiger partial charge >= 0.3 is 0 Å². The van der Waals surface area contributed by atoms with E-state index in [-0.39, 0.29) is 5.82 Å². The summed E-state index contributed by atoms with van der Waals surface area (Å²) in [6, 6.07) is 5.78. The second-order valence-corrected chi connectivity index (χ2v) is 4.53. The molecule has 1 atom stereocenters. The van der Waals surface area contributed by atoms with Crippen LogP contribution in [0.15, 0.2) is 18.2 Å². The van der Waals surface area contributed by atoms with Crippen LogP contribution in [0.25, 0.3) is 0 Å². The topological polar surface area (TPSA) is 12.0 Å². The van der Waals surface area contributed by atoms with Crippen molar-refractivity contribution in [1.82, 2.24) is 5.32 Å². The zero-order chi connectivity index (χ0) is 12.0.